The van der Waals surface area contributed by atoms with Gasteiger partial charge in [-0.1, -0.05) is 41.4 Å². The summed E-state index contributed by atoms with van der Waals surface area (Å²) in [7, 11) is 1.28. The number of halogens is 2. The van der Waals surface area contributed by atoms with Crippen molar-refractivity contribution in [1.29, 1.82) is 0 Å². The van der Waals surface area contributed by atoms with Crippen molar-refractivity contribution in [2.24, 2.45) is 0 Å². The Labute approximate surface area is 179 Å². The molecule has 0 radical (unpaired) electrons. The number of carbonyl (C=O) groups is 2. The molecule has 2 aromatic carbocycles. The lowest BCUT2D eigenvalue weighted by Crippen LogP contribution is -2.24. The lowest BCUT2D eigenvalue weighted by atomic mass is 10.0. The lowest BCUT2D eigenvalue weighted by molar-refractivity contribution is -0.136. The Kier molecular flexibility index (Phi) is 6.30. The van der Waals surface area contributed by atoms with Crippen molar-refractivity contribution in [2.45, 2.75) is 13.8 Å². The summed E-state index contributed by atoms with van der Waals surface area (Å²) in [4.78, 5) is 27.2. The minimum atomic E-state index is -0.605. The van der Waals surface area contributed by atoms with Gasteiger partial charge in [-0.2, -0.15) is 0 Å². The summed E-state index contributed by atoms with van der Waals surface area (Å²) < 4.78 is 10.6. The maximum atomic E-state index is 13.3. The summed E-state index contributed by atoms with van der Waals surface area (Å²) in [6.45, 7) is 4.02. The van der Waals surface area contributed by atoms with Crippen LogP contribution in [0.1, 0.15) is 19.4 Å². The highest BCUT2D eigenvalue weighted by Crippen LogP contribution is 2.38. The third-order valence-electron chi connectivity index (χ3n) is 4.41. The molecule has 150 valence electrons. The van der Waals surface area contributed by atoms with Crippen molar-refractivity contribution in [2.75, 3.05) is 18.6 Å². The lowest BCUT2D eigenvalue weighted by Gasteiger charge is -2.18. The van der Waals surface area contributed by atoms with E-state index in [-0.39, 0.29) is 17.1 Å². The van der Waals surface area contributed by atoms with E-state index < -0.39 is 5.97 Å². The second-order valence-electron chi connectivity index (χ2n) is 6.25. The molecule has 0 bridgehead atoms. The van der Waals surface area contributed by atoms with Gasteiger partial charge in [0.1, 0.15) is 5.75 Å². The Bertz CT molecular complexity index is 1020. The van der Waals surface area contributed by atoms with Gasteiger partial charge in [0.2, 0.25) is 0 Å². The number of amides is 1. The fourth-order valence-electron chi connectivity index (χ4n) is 3.20. The van der Waals surface area contributed by atoms with Gasteiger partial charge in [-0.25, -0.2) is 4.79 Å². The Balaban J connectivity index is 2.17. The largest absolute Gasteiger partial charge is 0.493 e. The van der Waals surface area contributed by atoms with Crippen LogP contribution >= 0.6 is 23.2 Å². The highest BCUT2D eigenvalue weighted by atomic mass is 35.5. The third kappa shape index (κ3) is 4.16. The van der Waals surface area contributed by atoms with Crippen molar-refractivity contribution in [3.8, 4) is 5.75 Å². The maximum absolute atomic E-state index is 13.3. The molecule has 5 nitrogen and oxygen atoms in total. The Morgan fingerprint density at radius 2 is 1.79 bits per heavy atom. The summed E-state index contributed by atoms with van der Waals surface area (Å²) in [5.74, 6) is -0.374. The van der Waals surface area contributed by atoms with Crippen molar-refractivity contribution >= 4 is 46.8 Å². The van der Waals surface area contributed by atoms with E-state index in [1.54, 1.807) is 37.3 Å². The molecule has 1 aliphatic rings. The van der Waals surface area contributed by atoms with E-state index in [9.17, 15) is 9.59 Å². The molecule has 0 spiro atoms. The SMILES string of the molecule is CCOc1ccccc1/C=C1\C(=O)N(c2cc(Cl)cc(Cl)c2)C(C)=C1C(=O)OC. The van der Waals surface area contributed by atoms with Gasteiger partial charge in [0.25, 0.3) is 5.91 Å². The predicted octanol–water partition coefficient (Wildman–Crippen LogP) is 5.27. The van der Waals surface area contributed by atoms with E-state index in [1.807, 2.05) is 25.1 Å². The van der Waals surface area contributed by atoms with E-state index in [1.165, 1.54) is 12.0 Å². The molecule has 7 heteroatoms. The van der Waals surface area contributed by atoms with Crippen molar-refractivity contribution in [1.82, 2.24) is 0 Å². The molecular formula is C22H19Cl2NO4. The van der Waals surface area contributed by atoms with Crippen molar-refractivity contribution in [3.63, 3.8) is 0 Å². The molecule has 0 saturated heterocycles. The molecule has 1 aliphatic heterocycles. The first-order chi connectivity index (χ1) is 13.9. The van der Waals surface area contributed by atoms with Crippen molar-refractivity contribution in [3.05, 3.63) is 74.9 Å². The summed E-state index contributed by atoms with van der Waals surface area (Å²) in [6, 6.07) is 12.1. The minimum Gasteiger partial charge on any atom is -0.493 e. The second kappa shape index (κ2) is 8.72. The fraction of sp³-hybridized carbons (Fsp3) is 0.182. The summed E-state index contributed by atoms with van der Waals surface area (Å²) in [5, 5.41) is 0.763. The smallest absolute Gasteiger partial charge is 0.340 e. The number of allylic oxidation sites excluding steroid dienone is 1. The number of ether oxygens (including phenoxy) is 2. The van der Waals surface area contributed by atoms with Gasteiger partial charge < -0.3 is 9.47 Å². The number of nitrogens with zero attached hydrogens (tertiary/aromatic N) is 1. The average Bonchev–Trinajstić information content (AvgIpc) is 2.92. The van der Waals surface area contributed by atoms with Gasteiger partial charge in [0.05, 0.1) is 30.6 Å². The number of hydrogen-bond acceptors (Lipinski definition) is 4. The minimum absolute atomic E-state index is 0.180. The molecule has 0 fully saturated rings. The monoisotopic (exact) mass is 431 g/mol. The Morgan fingerprint density at radius 1 is 1.14 bits per heavy atom. The second-order valence-corrected chi connectivity index (χ2v) is 7.12. The number of esters is 1. The summed E-state index contributed by atoms with van der Waals surface area (Å²) in [5.41, 5.74) is 1.96. The fourth-order valence-corrected chi connectivity index (χ4v) is 3.72. The van der Waals surface area contributed by atoms with Gasteiger partial charge in [0, 0.05) is 21.3 Å². The summed E-state index contributed by atoms with van der Waals surface area (Å²) in [6.07, 6.45) is 1.63. The van der Waals surface area contributed by atoms with E-state index in [0.717, 1.165) is 0 Å². The highest BCUT2D eigenvalue weighted by Gasteiger charge is 2.38. The first-order valence-electron chi connectivity index (χ1n) is 8.91. The normalized spacial score (nSPS) is 15.3. The van der Waals surface area contributed by atoms with Gasteiger partial charge in [-0.15, -0.1) is 0 Å². The molecule has 0 aliphatic carbocycles. The van der Waals surface area contributed by atoms with Crippen LogP contribution in [0.5, 0.6) is 5.75 Å². The molecule has 0 unspecified atom stereocenters. The van der Waals surface area contributed by atoms with E-state index >= 15 is 0 Å². The average molecular weight is 432 g/mol. The first kappa shape index (κ1) is 21.0. The zero-order valence-electron chi connectivity index (χ0n) is 16.2. The van der Waals surface area contributed by atoms with Crippen LogP contribution in [0, 0.1) is 0 Å². The van der Waals surface area contributed by atoms with Crippen LogP contribution in [-0.4, -0.2) is 25.6 Å². The molecule has 1 amide bonds. The molecule has 0 N–H and O–H groups in total. The highest BCUT2D eigenvalue weighted by molar-refractivity contribution is 6.35. The number of para-hydroxylation sites is 1. The quantitative estimate of drug-likeness (QED) is 0.477. The Morgan fingerprint density at radius 3 is 2.41 bits per heavy atom. The maximum Gasteiger partial charge on any atom is 0.340 e. The van der Waals surface area contributed by atoms with E-state index in [2.05, 4.69) is 0 Å². The number of carbonyl (C=O) groups excluding carboxylic acids is 2. The summed E-state index contributed by atoms with van der Waals surface area (Å²) >= 11 is 12.2. The van der Waals surface area contributed by atoms with Crippen LogP contribution in [0.2, 0.25) is 10.0 Å². The van der Waals surface area contributed by atoms with Crippen LogP contribution in [-0.2, 0) is 14.3 Å². The van der Waals surface area contributed by atoms with Crippen LogP contribution in [0.4, 0.5) is 5.69 Å². The van der Waals surface area contributed by atoms with Gasteiger partial charge in [-0.05, 0) is 44.2 Å². The van der Waals surface area contributed by atoms with E-state index in [0.29, 0.717) is 39.3 Å². The van der Waals surface area contributed by atoms with Gasteiger partial charge in [0.15, 0.2) is 0 Å². The molecule has 1 heterocycles. The Hall–Kier alpha value is -2.76. The third-order valence-corrected chi connectivity index (χ3v) is 4.85. The predicted molar refractivity (Wildman–Crippen MR) is 114 cm³/mol. The molecule has 2 aromatic rings. The number of methoxy groups -OCH3 is 1. The zero-order chi connectivity index (χ0) is 21.1. The standard InChI is InChI=1S/C22H19Cl2NO4/c1-4-29-19-8-6-5-7-14(19)9-18-20(22(27)28-3)13(2)25(21(18)26)17-11-15(23)10-16(24)12-17/h5-12H,4H2,1-3H3/b18-9-. The molecular weight excluding hydrogens is 413 g/mol. The van der Waals surface area contributed by atoms with E-state index in [4.69, 9.17) is 32.7 Å². The van der Waals surface area contributed by atoms with Gasteiger partial charge in [-0.3, -0.25) is 9.69 Å². The number of benzene rings is 2. The molecule has 29 heavy (non-hydrogen) atoms. The zero-order valence-corrected chi connectivity index (χ0v) is 17.7. The van der Waals surface area contributed by atoms with Crippen molar-refractivity contribution < 1.29 is 19.1 Å². The molecule has 0 aromatic heterocycles. The molecule has 0 saturated carbocycles. The number of hydrogen-bond donors (Lipinski definition) is 0. The van der Waals surface area contributed by atoms with Crippen LogP contribution in [0.3, 0.4) is 0 Å². The first-order valence-corrected chi connectivity index (χ1v) is 9.66. The topological polar surface area (TPSA) is 55.8 Å². The molecule has 3 rings (SSSR count). The number of anilines is 1. The molecule has 0 atom stereocenters. The van der Waals surface area contributed by atoms with Crippen LogP contribution < -0.4 is 9.64 Å². The van der Waals surface area contributed by atoms with Crippen LogP contribution in [0.15, 0.2) is 59.3 Å². The number of rotatable bonds is 5. The van der Waals surface area contributed by atoms with Crippen LogP contribution in [0.25, 0.3) is 6.08 Å². The van der Waals surface area contributed by atoms with Gasteiger partial charge >= 0.3 is 5.97 Å².